The smallest absolute Gasteiger partial charge is 0.423 e. The summed E-state index contributed by atoms with van der Waals surface area (Å²) in [5.74, 6) is -0.699. The molecule has 0 fully saturated rings. The van der Waals surface area contributed by atoms with E-state index < -0.39 is 95.0 Å². The Bertz CT molecular complexity index is 4220. The first kappa shape index (κ1) is 88.8. The molecule has 6 rings (SSSR count). The van der Waals surface area contributed by atoms with Crippen molar-refractivity contribution < 1.29 is 86.0 Å². The van der Waals surface area contributed by atoms with Crippen molar-refractivity contribution in [2.45, 2.75) is 165 Å². The van der Waals surface area contributed by atoms with E-state index in [4.69, 9.17) is 88.7 Å². The van der Waals surface area contributed by atoms with Crippen LogP contribution in [0.15, 0.2) is 73.3 Å². The van der Waals surface area contributed by atoms with Crippen LogP contribution in [0.4, 0.5) is 86.2 Å². The first-order chi connectivity index (χ1) is 48.4. The summed E-state index contributed by atoms with van der Waals surface area (Å²) in [6.45, 7) is 29.2. The number of aromatic nitrogens is 4. The van der Waals surface area contributed by atoms with E-state index in [1.807, 2.05) is 0 Å². The number of imide groups is 2. The number of carbonyl (C=O) groups excluding carboxylic acids is 6. The summed E-state index contributed by atoms with van der Waals surface area (Å²) in [6, 6.07) is 11.0. The Morgan fingerprint density at radius 2 is 0.764 bits per heavy atom. The van der Waals surface area contributed by atoms with Crippen LogP contribution in [0.2, 0.25) is 38.2 Å². The van der Waals surface area contributed by atoms with Gasteiger partial charge in [-0.05, 0) is 124 Å². The number of aliphatic hydroxyl groups is 1. The molecule has 2 aromatic heterocycles. The Morgan fingerprint density at radius 3 is 1.05 bits per heavy atom. The van der Waals surface area contributed by atoms with Crippen molar-refractivity contribution in [2.24, 2.45) is 0 Å². The Hall–Kier alpha value is -9.64. The van der Waals surface area contributed by atoms with Crippen molar-refractivity contribution in [2.75, 3.05) is 71.9 Å². The molecule has 578 valence electrons. The summed E-state index contributed by atoms with van der Waals surface area (Å²) < 4.78 is 50.0. The molecule has 0 saturated carbocycles. The molecule has 0 unspecified atom stereocenters. The highest BCUT2D eigenvalue weighted by molar-refractivity contribution is 6.74. The van der Waals surface area contributed by atoms with E-state index in [1.54, 1.807) is 89.2 Å². The topological polar surface area (TPSA) is 363 Å². The number of carbonyl (C=O) groups is 6. The molecule has 0 aliphatic rings. The van der Waals surface area contributed by atoms with E-state index >= 15 is 0 Å². The van der Waals surface area contributed by atoms with Crippen LogP contribution in [0.25, 0.3) is 0 Å². The Kier molecular flexibility index (Phi) is 29.5. The molecule has 106 heavy (non-hydrogen) atoms. The standard InChI is InChI=1S/C37H50Cl2N6O10Si.C31H36Cl2N6O10.CH4/c1-35(2,3)54-33(47)43(23-16-15-22(17-24(23)45(49)50)20-53-56(13,14)37(7,8)9)28-19-27(40-21-41-28)42(10)32(46)44(34(48)55-36(4,5)6)31-29(38)25(51-11)18-26(52-12)30(31)39;1-30(2,3)48-28(42)37(18-11-10-17(15-40)12-19(18)39(44)45)23-14-22(34-16-35-23)36(7)27(41)38(29(43)49-31(4,5)6)26-24(32)20(46-8)13-21(47-9)25(26)33;/h15-19,21H,20H2,1-14H3;10-14,16,40H,15H2,1-9H3;1H4. The lowest BCUT2D eigenvalue weighted by molar-refractivity contribution is -0.384. The number of urea groups is 2. The molecule has 37 heteroatoms. The van der Waals surface area contributed by atoms with Gasteiger partial charge in [0.15, 0.2) is 8.32 Å². The number of rotatable bonds is 18. The van der Waals surface area contributed by atoms with Crippen molar-refractivity contribution >= 4 is 149 Å². The molecule has 32 nitrogen and oxygen atoms in total. The first-order valence-corrected chi connectivity index (χ1v) is 36.1. The van der Waals surface area contributed by atoms with Crippen molar-refractivity contribution in [3.8, 4) is 23.0 Å². The van der Waals surface area contributed by atoms with E-state index in [9.17, 15) is 54.1 Å². The van der Waals surface area contributed by atoms with Gasteiger partial charge in [0.1, 0.15) is 124 Å². The lowest BCUT2D eigenvalue weighted by atomic mass is 10.1. The number of amides is 8. The largest absolute Gasteiger partial charge is 0.495 e. The molecule has 0 spiro atoms. The number of nitro benzene ring substituents is 2. The molecule has 0 aliphatic heterocycles. The second-order valence-electron chi connectivity index (χ2n) is 28.3. The number of hydrogen-bond donors (Lipinski definition) is 1. The molecule has 2 heterocycles. The zero-order valence-corrected chi connectivity index (χ0v) is 66.4. The van der Waals surface area contributed by atoms with E-state index in [2.05, 4.69) is 53.8 Å². The minimum atomic E-state index is -2.22. The van der Waals surface area contributed by atoms with Crippen LogP contribution < -0.4 is 48.3 Å². The number of benzene rings is 4. The van der Waals surface area contributed by atoms with Gasteiger partial charge in [-0.1, -0.05) is 86.7 Å². The van der Waals surface area contributed by atoms with Crippen molar-refractivity contribution in [3.63, 3.8) is 0 Å². The number of methoxy groups -OCH3 is 4. The quantitative estimate of drug-likeness (QED) is 0.0361. The summed E-state index contributed by atoms with van der Waals surface area (Å²) in [4.78, 5) is 128. The predicted molar refractivity (Wildman–Crippen MR) is 406 cm³/mol. The average Bonchev–Trinajstić information content (AvgIpc) is 0.778. The van der Waals surface area contributed by atoms with Gasteiger partial charge in [-0.2, -0.15) is 9.80 Å². The lowest BCUT2D eigenvalue weighted by Crippen LogP contribution is -2.48. The normalized spacial score (nSPS) is 11.6. The van der Waals surface area contributed by atoms with Gasteiger partial charge in [0.2, 0.25) is 0 Å². The molecule has 0 radical (unpaired) electrons. The number of nitrogens with zero attached hydrogens (tertiary/aromatic N) is 12. The van der Waals surface area contributed by atoms with E-state index in [1.165, 1.54) is 85.0 Å². The molecular weight excluding hydrogens is 1490 g/mol. The minimum Gasteiger partial charge on any atom is -0.495 e. The van der Waals surface area contributed by atoms with Crippen molar-refractivity contribution in [3.05, 3.63) is 125 Å². The molecule has 0 bridgehead atoms. The zero-order chi connectivity index (χ0) is 79.7. The lowest BCUT2D eigenvalue weighted by Gasteiger charge is -2.36. The molecule has 0 aliphatic carbocycles. The number of halogens is 4. The Labute approximate surface area is 635 Å². The van der Waals surface area contributed by atoms with Crippen LogP contribution in [0, 0.1) is 20.2 Å². The third-order valence-corrected chi connectivity index (χ3v) is 20.7. The van der Waals surface area contributed by atoms with Gasteiger partial charge in [-0.15, -0.1) is 0 Å². The van der Waals surface area contributed by atoms with Crippen LogP contribution in [-0.2, 0) is 36.6 Å². The number of aliphatic hydroxyl groups excluding tert-OH is 1. The highest BCUT2D eigenvalue weighted by Gasteiger charge is 2.42. The maximum absolute atomic E-state index is 14.4. The third-order valence-electron chi connectivity index (χ3n) is 14.8. The highest BCUT2D eigenvalue weighted by Crippen LogP contribution is 2.50. The molecule has 1 N–H and O–H groups in total. The van der Waals surface area contributed by atoms with E-state index in [0.717, 1.165) is 44.4 Å². The van der Waals surface area contributed by atoms with E-state index in [0.29, 0.717) is 15.4 Å². The van der Waals surface area contributed by atoms with Gasteiger partial charge in [0.05, 0.1) is 51.5 Å². The van der Waals surface area contributed by atoms with Crippen LogP contribution in [-0.4, -0.2) is 145 Å². The summed E-state index contributed by atoms with van der Waals surface area (Å²) in [7, 11) is 5.58. The van der Waals surface area contributed by atoms with Crippen LogP contribution in [0.1, 0.15) is 122 Å². The fraction of sp³-hybridized carbons (Fsp3) is 0.449. The monoisotopic (exact) mass is 1570 g/mol. The zero-order valence-electron chi connectivity index (χ0n) is 62.4. The van der Waals surface area contributed by atoms with Crippen LogP contribution in [0.3, 0.4) is 0 Å². The Balaban J connectivity index is 0.000000448. The number of anilines is 8. The predicted octanol–water partition coefficient (Wildman–Crippen LogP) is 18.2. The maximum Gasteiger partial charge on any atom is 0.423 e. The number of hydrogen-bond acceptors (Lipinski definition) is 24. The number of nitro groups is 2. The molecule has 6 aromatic rings. The van der Waals surface area contributed by atoms with Gasteiger partial charge in [0, 0.05) is 50.5 Å². The van der Waals surface area contributed by atoms with Gasteiger partial charge in [-0.3, -0.25) is 30.0 Å². The summed E-state index contributed by atoms with van der Waals surface area (Å²) in [5, 5.41) is 33.3. The highest BCUT2D eigenvalue weighted by atomic mass is 35.5. The average molecular weight is 1580 g/mol. The second-order valence-corrected chi connectivity index (χ2v) is 34.6. The molecular formula is C69H90Cl4N12O20Si. The number of ether oxygens (including phenoxy) is 8. The van der Waals surface area contributed by atoms with Gasteiger partial charge in [-0.25, -0.2) is 58.5 Å². The molecule has 0 atom stereocenters. The van der Waals surface area contributed by atoms with E-state index in [-0.39, 0.29) is 114 Å². The summed E-state index contributed by atoms with van der Waals surface area (Å²) in [5.41, 5.74) is -5.57. The van der Waals surface area contributed by atoms with Crippen LogP contribution >= 0.6 is 46.4 Å². The molecule has 0 saturated heterocycles. The van der Waals surface area contributed by atoms with Crippen molar-refractivity contribution in [1.82, 2.24) is 19.9 Å². The fourth-order valence-electron chi connectivity index (χ4n) is 8.79. The minimum absolute atomic E-state index is 0. The van der Waals surface area contributed by atoms with Gasteiger partial charge in [0.25, 0.3) is 11.4 Å². The third kappa shape index (κ3) is 22.0. The second kappa shape index (κ2) is 35.2. The first-order valence-electron chi connectivity index (χ1n) is 31.7. The van der Waals surface area contributed by atoms with Gasteiger partial charge >= 0.3 is 36.4 Å². The van der Waals surface area contributed by atoms with Gasteiger partial charge < -0.3 is 47.4 Å². The van der Waals surface area contributed by atoms with Crippen molar-refractivity contribution in [1.29, 1.82) is 0 Å². The summed E-state index contributed by atoms with van der Waals surface area (Å²) >= 11 is 26.5. The summed E-state index contributed by atoms with van der Waals surface area (Å²) in [6.07, 6.45) is -2.37. The fourth-order valence-corrected chi connectivity index (χ4v) is 11.1. The maximum atomic E-state index is 14.4. The SMILES string of the molecule is C.COc1cc(OC)c(Cl)c(N(C(=O)OC(C)(C)C)C(=O)N(C)c2cc(N(C(=O)OC(C)(C)C)c3ccc(CO)cc3[N+](=O)[O-])ncn2)c1Cl.COc1cc(OC)c(Cl)c(N(C(=O)OC(C)(C)C)C(=O)N(C)c2cc(N(C(=O)OC(C)(C)C)c3ccc(CO[Si](C)(C)C(C)(C)C)cc3[N+](=O)[O-])ncn2)c1Cl. The molecule has 4 aromatic carbocycles. The van der Waals surface area contributed by atoms with Crippen LogP contribution in [0.5, 0.6) is 23.0 Å². The Morgan fingerprint density at radius 1 is 0.472 bits per heavy atom. The molecule has 8 amide bonds.